The normalized spacial score (nSPS) is 9.57. The van der Waals surface area contributed by atoms with Gasteiger partial charge in [0, 0.05) is 0 Å². The smallest absolute Gasteiger partial charge is 0.171 e. The summed E-state index contributed by atoms with van der Waals surface area (Å²) in [7, 11) is 0. The lowest BCUT2D eigenvalue weighted by atomic mass is 10.2. The van der Waals surface area contributed by atoms with Crippen LogP contribution in [0.4, 0.5) is 0 Å². The molecule has 0 unspecified atom stereocenters. The van der Waals surface area contributed by atoms with E-state index in [4.69, 9.17) is 9.47 Å². The van der Waals surface area contributed by atoms with Gasteiger partial charge in [-0.1, -0.05) is 6.07 Å². The van der Waals surface area contributed by atoms with Crippen LogP contribution >= 0.6 is 0 Å². The lowest BCUT2D eigenvalue weighted by Crippen LogP contribution is -2.01. The molecule has 14 heavy (non-hydrogen) atoms. The molecule has 3 heteroatoms. The first-order valence-electron chi connectivity index (χ1n) is 4.67. The molecular formula is C11H14O3. The second-order valence-electron chi connectivity index (χ2n) is 2.66. The zero-order chi connectivity index (χ0) is 10.4. The molecule has 0 amide bonds. The van der Waals surface area contributed by atoms with Crippen LogP contribution in [0.1, 0.15) is 24.2 Å². The maximum atomic E-state index is 10.7. The third kappa shape index (κ3) is 2.25. The van der Waals surface area contributed by atoms with Gasteiger partial charge in [0.05, 0.1) is 18.8 Å². The molecule has 0 spiro atoms. The highest BCUT2D eigenvalue weighted by Gasteiger charge is 2.09. The summed E-state index contributed by atoms with van der Waals surface area (Å²) in [5, 5.41) is 0. The van der Waals surface area contributed by atoms with E-state index < -0.39 is 0 Å². The quantitative estimate of drug-likeness (QED) is 0.675. The van der Waals surface area contributed by atoms with Gasteiger partial charge in [-0.05, 0) is 26.0 Å². The van der Waals surface area contributed by atoms with Gasteiger partial charge < -0.3 is 9.47 Å². The molecule has 0 aliphatic heterocycles. The Bertz CT molecular complexity index is 307. The van der Waals surface area contributed by atoms with Crippen LogP contribution in [0.25, 0.3) is 0 Å². The molecule has 1 aromatic carbocycles. The van der Waals surface area contributed by atoms with E-state index in [9.17, 15) is 4.79 Å². The highest BCUT2D eigenvalue weighted by Crippen LogP contribution is 2.30. The largest absolute Gasteiger partial charge is 0.490 e. The predicted molar refractivity (Wildman–Crippen MR) is 54.2 cm³/mol. The molecule has 3 nitrogen and oxygen atoms in total. The first-order chi connectivity index (χ1) is 6.83. The van der Waals surface area contributed by atoms with E-state index in [1.165, 1.54) is 0 Å². The molecule has 0 saturated heterocycles. The summed E-state index contributed by atoms with van der Waals surface area (Å²) < 4.78 is 10.7. The van der Waals surface area contributed by atoms with Gasteiger partial charge in [-0.3, -0.25) is 4.79 Å². The van der Waals surface area contributed by atoms with Crippen molar-refractivity contribution in [3.8, 4) is 11.5 Å². The molecule has 0 saturated carbocycles. The van der Waals surface area contributed by atoms with Gasteiger partial charge >= 0.3 is 0 Å². The van der Waals surface area contributed by atoms with Crippen LogP contribution in [-0.4, -0.2) is 19.5 Å². The topological polar surface area (TPSA) is 35.5 Å². The summed E-state index contributed by atoms with van der Waals surface area (Å²) in [6.07, 6.45) is 0.771. The van der Waals surface area contributed by atoms with Gasteiger partial charge in [-0.15, -0.1) is 0 Å². The standard InChI is InChI=1S/C11H14O3/c1-3-13-10-7-5-6-9(8-12)11(10)14-4-2/h5-8H,3-4H2,1-2H3. The minimum absolute atomic E-state index is 0.519. The van der Waals surface area contributed by atoms with E-state index in [0.717, 1.165) is 6.29 Å². The fourth-order valence-electron chi connectivity index (χ4n) is 1.19. The molecule has 0 heterocycles. The van der Waals surface area contributed by atoms with E-state index >= 15 is 0 Å². The van der Waals surface area contributed by atoms with E-state index in [-0.39, 0.29) is 0 Å². The maximum absolute atomic E-state index is 10.7. The van der Waals surface area contributed by atoms with Gasteiger partial charge in [0.15, 0.2) is 17.8 Å². The average Bonchev–Trinajstić information content (AvgIpc) is 2.21. The summed E-state index contributed by atoms with van der Waals surface area (Å²) >= 11 is 0. The van der Waals surface area contributed by atoms with Crippen molar-refractivity contribution in [2.45, 2.75) is 13.8 Å². The number of benzene rings is 1. The summed E-state index contributed by atoms with van der Waals surface area (Å²) in [6, 6.07) is 5.28. The molecule has 0 bridgehead atoms. The molecule has 0 aliphatic carbocycles. The Hall–Kier alpha value is -1.51. The maximum Gasteiger partial charge on any atom is 0.171 e. The second-order valence-corrected chi connectivity index (χ2v) is 2.66. The van der Waals surface area contributed by atoms with Crippen molar-refractivity contribution in [1.29, 1.82) is 0 Å². The van der Waals surface area contributed by atoms with Crippen molar-refractivity contribution in [2.75, 3.05) is 13.2 Å². The molecule has 76 valence electrons. The third-order valence-electron chi connectivity index (χ3n) is 1.72. The number of carbonyl (C=O) groups is 1. The summed E-state index contributed by atoms with van der Waals surface area (Å²) in [6.45, 7) is 4.84. The minimum Gasteiger partial charge on any atom is -0.490 e. The highest BCUT2D eigenvalue weighted by atomic mass is 16.5. The lowest BCUT2D eigenvalue weighted by molar-refractivity contribution is 0.111. The van der Waals surface area contributed by atoms with Crippen LogP contribution < -0.4 is 9.47 Å². The van der Waals surface area contributed by atoms with Gasteiger partial charge in [0.1, 0.15) is 0 Å². The zero-order valence-electron chi connectivity index (χ0n) is 8.45. The van der Waals surface area contributed by atoms with Crippen LogP contribution in [0.15, 0.2) is 18.2 Å². The van der Waals surface area contributed by atoms with Gasteiger partial charge in [-0.2, -0.15) is 0 Å². The number of para-hydroxylation sites is 1. The predicted octanol–water partition coefficient (Wildman–Crippen LogP) is 2.30. The van der Waals surface area contributed by atoms with Gasteiger partial charge in [-0.25, -0.2) is 0 Å². The Morgan fingerprint density at radius 1 is 1.21 bits per heavy atom. The van der Waals surface area contributed by atoms with Gasteiger partial charge in [0.2, 0.25) is 0 Å². The SMILES string of the molecule is CCOc1cccc(C=O)c1OCC. The highest BCUT2D eigenvalue weighted by molar-refractivity contribution is 5.81. The average molecular weight is 194 g/mol. The third-order valence-corrected chi connectivity index (χ3v) is 1.72. The molecule has 0 aliphatic rings. The van der Waals surface area contributed by atoms with Crippen molar-refractivity contribution in [3.05, 3.63) is 23.8 Å². The Kier molecular flexibility index (Phi) is 3.98. The number of aldehydes is 1. The molecule has 0 atom stereocenters. The van der Waals surface area contributed by atoms with Crippen molar-refractivity contribution in [1.82, 2.24) is 0 Å². The van der Waals surface area contributed by atoms with Crippen molar-refractivity contribution in [2.24, 2.45) is 0 Å². The van der Waals surface area contributed by atoms with E-state index in [1.807, 2.05) is 13.8 Å². The van der Waals surface area contributed by atoms with E-state index in [2.05, 4.69) is 0 Å². The molecule has 0 radical (unpaired) electrons. The van der Waals surface area contributed by atoms with Crippen LogP contribution in [0, 0.1) is 0 Å². The lowest BCUT2D eigenvalue weighted by Gasteiger charge is -2.11. The fraction of sp³-hybridized carbons (Fsp3) is 0.364. The molecule has 0 fully saturated rings. The van der Waals surface area contributed by atoms with Crippen LogP contribution in [0.2, 0.25) is 0 Å². The van der Waals surface area contributed by atoms with Crippen molar-refractivity contribution in [3.63, 3.8) is 0 Å². The molecular weight excluding hydrogens is 180 g/mol. The first kappa shape index (κ1) is 10.6. The summed E-state index contributed by atoms with van der Waals surface area (Å²) in [5.74, 6) is 1.16. The van der Waals surface area contributed by atoms with E-state index in [0.29, 0.717) is 30.3 Å². The van der Waals surface area contributed by atoms with Crippen molar-refractivity contribution < 1.29 is 14.3 Å². The fourth-order valence-corrected chi connectivity index (χ4v) is 1.19. The Morgan fingerprint density at radius 3 is 2.50 bits per heavy atom. The van der Waals surface area contributed by atoms with Crippen LogP contribution in [-0.2, 0) is 0 Å². The Balaban J connectivity index is 3.06. The second kappa shape index (κ2) is 5.27. The van der Waals surface area contributed by atoms with Crippen molar-refractivity contribution >= 4 is 6.29 Å². The Morgan fingerprint density at radius 2 is 1.93 bits per heavy atom. The molecule has 0 N–H and O–H groups in total. The number of rotatable bonds is 5. The number of hydrogen-bond acceptors (Lipinski definition) is 3. The number of ether oxygens (including phenoxy) is 2. The summed E-state index contributed by atoms with van der Waals surface area (Å²) in [5.41, 5.74) is 0.526. The van der Waals surface area contributed by atoms with E-state index in [1.54, 1.807) is 18.2 Å². The monoisotopic (exact) mass is 194 g/mol. The number of hydrogen-bond donors (Lipinski definition) is 0. The number of carbonyl (C=O) groups excluding carboxylic acids is 1. The van der Waals surface area contributed by atoms with Crippen LogP contribution in [0.3, 0.4) is 0 Å². The first-order valence-corrected chi connectivity index (χ1v) is 4.67. The minimum atomic E-state index is 0.519. The van der Waals surface area contributed by atoms with Crippen LogP contribution in [0.5, 0.6) is 11.5 Å². The summed E-state index contributed by atoms with van der Waals surface area (Å²) in [4.78, 5) is 10.7. The Labute approximate surface area is 83.6 Å². The molecule has 0 aromatic heterocycles. The molecule has 1 rings (SSSR count). The van der Waals surface area contributed by atoms with Gasteiger partial charge in [0.25, 0.3) is 0 Å². The molecule has 1 aromatic rings. The zero-order valence-corrected chi connectivity index (χ0v) is 8.45.